The summed E-state index contributed by atoms with van der Waals surface area (Å²) in [5.74, 6) is 0.678. The molecule has 4 heteroatoms. The van der Waals surface area contributed by atoms with E-state index in [9.17, 15) is 0 Å². The molecule has 9 aromatic carbocycles. The van der Waals surface area contributed by atoms with E-state index in [2.05, 4.69) is 234 Å². The molecule has 0 bridgehead atoms. The van der Waals surface area contributed by atoms with Crippen LogP contribution in [0.25, 0.3) is 110 Å². The summed E-state index contributed by atoms with van der Waals surface area (Å²) in [5.41, 5.74) is 17.0. The van der Waals surface area contributed by atoms with Crippen molar-refractivity contribution >= 4 is 76.1 Å². The fraction of sp³-hybridized carbons (Fsp3) is 0.235. The van der Waals surface area contributed by atoms with Crippen LogP contribution in [0.3, 0.4) is 0 Å². The standard InChI is InChI=1S/C68H60N4/c1-65(2)37-39-67(5,6)58-51(65)35-36-54-57(58)56-47-28-18-17-27-46(47)55-50-33-34-52-59(68(7,8)40-38-66(52,3)4)61(50)71(42-23-13-10-14-24-42)62(55)63(56)72(54)64-69-53-30-20-19-29-49(53)60(70-64)48-32-31-43(41-21-11-9-12-22-41)44-25-15-16-26-45(44)48/h9-36H,37-40H2,1-8H3. The third-order valence-electron chi connectivity index (χ3n) is 17.6. The molecule has 4 nitrogen and oxygen atoms in total. The van der Waals surface area contributed by atoms with E-state index in [1.54, 1.807) is 0 Å². The van der Waals surface area contributed by atoms with Gasteiger partial charge in [-0.3, -0.25) is 4.57 Å². The number of nitrogens with zero attached hydrogens (tertiary/aromatic N) is 4. The molecule has 0 atom stereocenters. The maximum absolute atomic E-state index is 5.94. The summed E-state index contributed by atoms with van der Waals surface area (Å²) in [6.45, 7) is 19.7. The Morgan fingerprint density at radius 3 is 1.57 bits per heavy atom. The molecular formula is C68H60N4. The summed E-state index contributed by atoms with van der Waals surface area (Å²) in [6.07, 6.45) is 4.50. The first-order valence-corrected chi connectivity index (χ1v) is 26.2. The number of hydrogen-bond donors (Lipinski definition) is 0. The molecule has 3 heterocycles. The minimum absolute atomic E-state index is 0.00332. The predicted octanol–water partition coefficient (Wildman–Crippen LogP) is 18.2. The number of rotatable bonds is 4. The van der Waals surface area contributed by atoms with Crippen molar-refractivity contribution in [2.75, 3.05) is 0 Å². The first-order chi connectivity index (χ1) is 34.7. The molecule has 0 saturated carbocycles. The summed E-state index contributed by atoms with van der Waals surface area (Å²) < 4.78 is 5.16. The van der Waals surface area contributed by atoms with Gasteiger partial charge in [0.25, 0.3) is 0 Å². The lowest BCUT2D eigenvalue weighted by atomic mass is 9.62. The van der Waals surface area contributed by atoms with Crippen LogP contribution in [-0.4, -0.2) is 19.1 Å². The van der Waals surface area contributed by atoms with Crippen molar-refractivity contribution in [3.05, 3.63) is 192 Å². The summed E-state index contributed by atoms with van der Waals surface area (Å²) in [4.78, 5) is 11.7. The Hall–Kier alpha value is -7.56. The lowest BCUT2D eigenvalue weighted by Crippen LogP contribution is -2.34. The third-order valence-corrected chi connectivity index (χ3v) is 17.6. The van der Waals surface area contributed by atoms with E-state index in [0.29, 0.717) is 5.95 Å². The first kappa shape index (κ1) is 43.2. The molecule has 0 spiro atoms. The Labute approximate surface area is 422 Å². The van der Waals surface area contributed by atoms with Gasteiger partial charge in [0.15, 0.2) is 0 Å². The van der Waals surface area contributed by atoms with Crippen LogP contribution < -0.4 is 0 Å². The molecule has 0 unspecified atom stereocenters. The van der Waals surface area contributed by atoms with E-state index >= 15 is 0 Å². The van der Waals surface area contributed by atoms with Crippen molar-refractivity contribution < 1.29 is 0 Å². The summed E-state index contributed by atoms with van der Waals surface area (Å²) >= 11 is 0. The Bertz CT molecular complexity index is 4260. The Morgan fingerprint density at radius 2 is 0.875 bits per heavy atom. The summed E-state index contributed by atoms with van der Waals surface area (Å²) in [6, 6.07) is 63.1. The van der Waals surface area contributed by atoms with Gasteiger partial charge in [0.2, 0.25) is 5.95 Å². The molecule has 72 heavy (non-hydrogen) atoms. The highest BCUT2D eigenvalue weighted by Crippen LogP contribution is 2.56. The summed E-state index contributed by atoms with van der Waals surface area (Å²) in [7, 11) is 0. The molecule has 352 valence electrons. The molecule has 0 radical (unpaired) electrons. The van der Waals surface area contributed by atoms with Crippen LogP contribution in [0.1, 0.15) is 103 Å². The van der Waals surface area contributed by atoms with Crippen LogP contribution in [-0.2, 0) is 21.7 Å². The second-order valence-electron chi connectivity index (χ2n) is 23.8. The highest BCUT2D eigenvalue weighted by atomic mass is 15.2. The van der Waals surface area contributed by atoms with Gasteiger partial charge in [-0.15, -0.1) is 0 Å². The molecule has 0 fully saturated rings. The second kappa shape index (κ2) is 15.0. The highest BCUT2D eigenvalue weighted by Gasteiger charge is 2.42. The van der Waals surface area contributed by atoms with Crippen molar-refractivity contribution in [3.8, 4) is 34.0 Å². The van der Waals surface area contributed by atoms with Crippen LogP contribution in [0, 0.1) is 0 Å². The molecule has 0 N–H and O–H groups in total. The van der Waals surface area contributed by atoms with Crippen molar-refractivity contribution in [3.63, 3.8) is 0 Å². The largest absolute Gasteiger partial charge is 0.307 e. The van der Waals surface area contributed by atoms with Crippen LogP contribution in [0.4, 0.5) is 0 Å². The Morgan fingerprint density at radius 1 is 0.361 bits per heavy atom. The van der Waals surface area contributed by atoms with Gasteiger partial charge in [0, 0.05) is 38.2 Å². The number of aromatic nitrogens is 4. The third kappa shape index (κ3) is 5.99. The highest BCUT2D eigenvalue weighted by molar-refractivity contribution is 6.37. The van der Waals surface area contributed by atoms with Gasteiger partial charge in [0.05, 0.1) is 33.3 Å². The average molecular weight is 933 g/mol. The average Bonchev–Trinajstić information content (AvgIpc) is 3.93. The summed E-state index contributed by atoms with van der Waals surface area (Å²) in [5, 5.41) is 11.1. The molecule has 2 aliphatic carbocycles. The molecule has 0 amide bonds. The zero-order valence-corrected chi connectivity index (χ0v) is 42.8. The van der Waals surface area contributed by atoms with E-state index in [1.165, 1.54) is 87.5 Å². The van der Waals surface area contributed by atoms with Crippen LogP contribution >= 0.6 is 0 Å². The second-order valence-corrected chi connectivity index (χ2v) is 23.8. The van der Waals surface area contributed by atoms with Crippen LogP contribution in [0.15, 0.2) is 170 Å². The molecule has 14 rings (SSSR count). The van der Waals surface area contributed by atoms with E-state index in [4.69, 9.17) is 9.97 Å². The monoisotopic (exact) mass is 932 g/mol. The fourth-order valence-corrected chi connectivity index (χ4v) is 13.7. The van der Waals surface area contributed by atoms with E-state index in [0.717, 1.165) is 64.6 Å². The molecule has 3 aromatic heterocycles. The smallest absolute Gasteiger partial charge is 0.235 e. The van der Waals surface area contributed by atoms with Gasteiger partial charge in [-0.2, -0.15) is 0 Å². The topological polar surface area (TPSA) is 35.6 Å². The zero-order valence-electron chi connectivity index (χ0n) is 42.8. The molecule has 0 aliphatic heterocycles. The zero-order chi connectivity index (χ0) is 49.1. The number of para-hydroxylation sites is 2. The van der Waals surface area contributed by atoms with Crippen molar-refractivity contribution in [1.29, 1.82) is 0 Å². The quantitative estimate of drug-likeness (QED) is 0.176. The normalized spacial score (nSPS) is 16.8. The fourth-order valence-electron chi connectivity index (χ4n) is 13.7. The van der Waals surface area contributed by atoms with Crippen molar-refractivity contribution in [2.24, 2.45) is 0 Å². The van der Waals surface area contributed by atoms with Gasteiger partial charge in [-0.05, 0) is 127 Å². The number of hydrogen-bond acceptors (Lipinski definition) is 2. The molecule has 12 aromatic rings. The lowest BCUT2D eigenvalue weighted by molar-refractivity contribution is 0.334. The van der Waals surface area contributed by atoms with Gasteiger partial charge in [-0.1, -0.05) is 201 Å². The number of benzene rings is 9. The molecule has 0 saturated heterocycles. The Balaban J connectivity index is 1.23. The predicted molar refractivity (Wildman–Crippen MR) is 305 cm³/mol. The lowest BCUT2D eigenvalue weighted by Gasteiger charge is -2.42. The van der Waals surface area contributed by atoms with Crippen molar-refractivity contribution in [2.45, 2.75) is 103 Å². The minimum atomic E-state index is -0.0881. The molecular weight excluding hydrogens is 873 g/mol. The molecule has 2 aliphatic rings. The minimum Gasteiger partial charge on any atom is -0.307 e. The van der Waals surface area contributed by atoms with Gasteiger partial charge < -0.3 is 4.57 Å². The maximum Gasteiger partial charge on any atom is 0.235 e. The Kier molecular flexibility index (Phi) is 9.01. The van der Waals surface area contributed by atoms with Gasteiger partial charge >= 0.3 is 0 Å². The van der Waals surface area contributed by atoms with E-state index < -0.39 is 0 Å². The van der Waals surface area contributed by atoms with Crippen molar-refractivity contribution in [1.82, 2.24) is 19.1 Å². The van der Waals surface area contributed by atoms with E-state index in [1.807, 2.05) is 0 Å². The van der Waals surface area contributed by atoms with E-state index in [-0.39, 0.29) is 21.7 Å². The van der Waals surface area contributed by atoms with Crippen LogP contribution in [0.2, 0.25) is 0 Å². The SMILES string of the molecule is CC1(C)CCC(C)(C)c2c1ccc1c2c2c3ccccc3c3c4ccc5c(c4n(-c4ccccc4)c3c2n1-c1nc(-c2ccc(-c3ccccc3)c3ccccc23)c2ccccc2n1)C(C)(C)CCC5(C)C. The van der Waals surface area contributed by atoms with Gasteiger partial charge in [-0.25, -0.2) is 9.97 Å². The number of fused-ring (bicyclic) bond motifs is 16. The van der Waals surface area contributed by atoms with Gasteiger partial charge in [0.1, 0.15) is 0 Å². The van der Waals surface area contributed by atoms with Crippen LogP contribution in [0.5, 0.6) is 0 Å². The maximum atomic E-state index is 5.94. The first-order valence-electron chi connectivity index (χ1n) is 26.2.